The number of hydrogen-bond acceptors (Lipinski definition) is 4. The zero-order valence-electron chi connectivity index (χ0n) is 9.89. The average Bonchev–Trinajstić information content (AvgIpc) is 3.05. The molecule has 92 valence electrons. The summed E-state index contributed by atoms with van der Waals surface area (Å²) >= 11 is 3.10. The normalized spacial score (nSPS) is 13.6. The van der Waals surface area contributed by atoms with Crippen molar-refractivity contribution >= 4 is 28.9 Å². The second-order valence-corrected chi connectivity index (χ2v) is 6.46. The fraction of sp³-hybridized carbons (Fsp3) is 0.286. The van der Waals surface area contributed by atoms with E-state index in [1.165, 1.54) is 29.3 Å². The van der Waals surface area contributed by atoms with E-state index in [1.54, 1.807) is 17.5 Å². The van der Waals surface area contributed by atoms with Gasteiger partial charge in [0, 0.05) is 17.1 Å². The van der Waals surface area contributed by atoms with Crippen LogP contribution >= 0.6 is 23.1 Å². The summed E-state index contributed by atoms with van der Waals surface area (Å²) in [4.78, 5) is 16.3. The molecule has 0 fully saturated rings. The summed E-state index contributed by atoms with van der Waals surface area (Å²) in [7, 11) is 0. The number of ketones is 1. The van der Waals surface area contributed by atoms with Crippen molar-refractivity contribution in [3.63, 3.8) is 0 Å². The summed E-state index contributed by atoms with van der Waals surface area (Å²) in [5.74, 6) is 0.677. The van der Waals surface area contributed by atoms with Crippen LogP contribution in [0.3, 0.4) is 0 Å². The van der Waals surface area contributed by atoms with Crippen LogP contribution in [0.15, 0.2) is 34.1 Å². The molecule has 1 aromatic heterocycles. The molecular formula is C14H13NOS2. The molecule has 0 saturated carbocycles. The molecule has 0 bridgehead atoms. The molecule has 2 aromatic rings. The molecule has 0 N–H and O–H groups in total. The molecule has 3 rings (SSSR count). The standard InChI is InChI=1S/C14H13NOS2/c16-13(9-18-14-15-6-7-17-14)12-5-4-10-2-1-3-11(10)8-12/h4-8H,1-3,9H2. The van der Waals surface area contributed by atoms with Gasteiger partial charge in [0.05, 0.1) is 5.75 Å². The van der Waals surface area contributed by atoms with Crippen molar-refractivity contribution in [1.82, 2.24) is 4.98 Å². The lowest BCUT2D eigenvalue weighted by Gasteiger charge is -2.03. The lowest BCUT2D eigenvalue weighted by molar-refractivity contribution is 0.102. The Morgan fingerprint density at radius 2 is 2.22 bits per heavy atom. The average molecular weight is 275 g/mol. The van der Waals surface area contributed by atoms with Gasteiger partial charge in [-0.15, -0.1) is 11.3 Å². The molecule has 1 aliphatic carbocycles. The van der Waals surface area contributed by atoms with Gasteiger partial charge in [0.15, 0.2) is 5.78 Å². The Balaban J connectivity index is 1.69. The quantitative estimate of drug-likeness (QED) is 0.630. The van der Waals surface area contributed by atoms with Crippen LogP contribution in [0.25, 0.3) is 0 Å². The van der Waals surface area contributed by atoms with Crippen molar-refractivity contribution < 1.29 is 4.79 Å². The lowest BCUT2D eigenvalue weighted by atomic mass is 10.0. The van der Waals surface area contributed by atoms with Gasteiger partial charge in [-0.1, -0.05) is 23.9 Å². The van der Waals surface area contributed by atoms with Gasteiger partial charge < -0.3 is 0 Å². The molecule has 0 amide bonds. The van der Waals surface area contributed by atoms with Crippen molar-refractivity contribution in [1.29, 1.82) is 0 Å². The number of rotatable bonds is 4. The highest BCUT2D eigenvalue weighted by atomic mass is 32.2. The molecule has 0 unspecified atom stereocenters. The first-order valence-corrected chi connectivity index (χ1v) is 7.87. The topological polar surface area (TPSA) is 30.0 Å². The van der Waals surface area contributed by atoms with Crippen molar-refractivity contribution in [2.75, 3.05) is 5.75 Å². The summed E-state index contributed by atoms with van der Waals surface area (Å²) in [6, 6.07) is 6.16. The van der Waals surface area contributed by atoms with Crippen LogP contribution < -0.4 is 0 Å². The van der Waals surface area contributed by atoms with Crippen LogP contribution in [0.5, 0.6) is 0 Å². The smallest absolute Gasteiger partial charge is 0.173 e. The molecule has 2 nitrogen and oxygen atoms in total. The Bertz CT molecular complexity index is 563. The van der Waals surface area contributed by atoms with Crippen molar-refractivity contribution in [2.24, 2.45) is 0 Å². The van der Waals surface area contributed by atoms with E-state index in [0.717, 1.165) is 22.7 Å². The zero-order valence-corrected chi connectivity index (χ0v) is 11.5. The van der Waals surface area contributed by atoms with Crippen LogP contribution in [-0.2, 0) is 12.8 Å². The maximum absolute atomic E-state index is 12.1. The Kier molecular flexibility index (Phi) is 3.48. The molecule has 0 radical (unpaired) electrons. The third-order valence-electron chi connectivity index (χ3n) is 3.16. The fourth-order valence-electron chi connectivity index (χ4n) is 2.24. The van der Waals surface area contributed by atoms with E-state index in [9.17, 15) is 4.79 Å². The van der Waals surface area contributed by atoms with Gasteiger partial charge in [-0.3, -0.25) is 4.79 Å². The predicted molar refractivity (Wildman–Crippen MR) is 75.6 cm³/mol. The number of thiazole rings is 1. The summed E-state index contributed by atoms with van der Waals surface area (Å²) in [6.45, 7) is 0. The van der Waals surface area contributed by atoms with E-state index in [4.69, 9.17) is 0 Å². The number of carbonyl (C=O) groups is 1. The second kappa shape index (κ2) is 5.24. The first-order chi connectivity index (χ1) is 8.83. The van der Waals surface area contributed by atoms with Gasteiger partial charge >= 0.3 is 0 Å². The van der Waals surface area contributed by atoms with Gasteiger partial charge in [-0.2, -0.15) is 0 Å². The first kappa shape index (κ1) is 11.9. The number of Topliss-reactive ketones (excluding diaryl/α,β-unsaturated/α-hetero) is 1. The number of aromatic nitrogens is 1. The van der Waals surface area contributed by atoms with Crippen LogP contribution in [0, 0.1) is 0 Å². The second-order valence-electron chi connectivity index (χ2n) is 4.35. The molecule has 18 heavy (non-hydrogen) atoms. The highest BCUT2D eigenvalue weighted by Crippen LogP contribution is 2.25. The maximum atomic E-state index is 12.1. The van der Waals surface area contributed by atoms with E-state index in [0.29, 0.717) is 5.75 Å². The fourth-order valence-corrected chi connectivity index (χ4v) is 3.77. The molecule has 0 atom stereocenters. The number of fused-ring (bicyclic) bond motifs is 1. The molecule has 4 heteroatoms. The Morgan fingerprint density at radius 3 is 3.06 bits per heavy atom. The SMILES string of the molecule is O=C(CSc1nccs1)c1ccc2c(c1)CCC2. The first-order valence-electron chi connectivity index (χ1n) is 6.00. The van der Waals surface area contributed by atoms with E-state index >= 15 is 0 Å². The number of aryl methyl sites for hydroxylation is 2. The van der Waals surface area contributed by atoms with E-state index in [2.05, 4.69) is 17.1 Å². The van der Waals surface area contributed by atoms with Gasteiger partial charge in [0.25, 0.3) is 0 Å². The van der Waals surface area contributed by atoms with Gasteiger partial charge in [-0.25, -0.2) is 4.98 Å². The van der Waals surface area contributed by atoms with Crippen LogP contribution in [0.2, 0.25) is 0 Å². The zero-order chi connectivity index (χ0) is 12.4. The number of thioether (sulfide) groups is 1. The van der Waals surface area contributed by atoms with Crippen LogP contribution in [0.4, 0.5) is 0 Å². The maximum Gasteiger partial charge on any atom is 0.173 e. The molecular weight excluding hydrogens is 262 g/mol. The molecule has 1 heterocycles. The van der Waals surface area contributed by atoms with E-state index < -0.39 is 0 Å². The minimum Gasteiger partial charge on any atom is -0.293 e. The van der Waals surface area contributed by atoms with Crippen molar-refractivity contribution in [3.05, 3.63) is 46.5 Å². The van der Waals surface area contributed by atoms with Gasteiger partial charge in [-0.05, 0) is 36.5 Å². The number of nitrogens with zero attached hydrogens (tertiary/aromatic N) is 1. The molecule has 1 aromatic carbocycles. The third-order valence-corrected chi connectivity index (χ3v) is 5.12. The summed E-state index contributed by atoms with van der Waals surface area (Å²) < 4.78 is 0.963. The van der Waals surface area contributed by atoms with Crippen molar-refractivity contribution in [2.45, 2.75) is 23.6 Å². The summed E-state index contributed by atoms with van der Waals surface area (Å²) in [5.41, 5.74) is 3.62. The lowest BCUT2D eigenvalue weighted by Crippen LogP contribution is -2.03. The molecule has 0 aliphatic heterocycles. The van der Waals surface area contributed by atoms with Crippen LogP contribution in [-0.4, -0.2) is 16.5 Å². The van der Waals surface area contributed by atoms with E-state index in [-0.39, 0.29) is 5.78 Å². The number of hydrogen-bond donors (Lipinski definition) is 0. The minimum absolute atomic E-state index is 0.199. The monoisotopic (exact) mass is 275 g/mol. The largest absolute Gasteiger partial charge is 0.293 e. The molecule has 0 saturated heterocycles. The summed E-state index contributed by atoms with van der Waals surface area (Å²) in [5, 5.41) is 1.93. The van der Waals surface area contributed by atoms with E-state index in [1.807, 2.05) is 11.4 Å². The number of benzene rings is 1. The van der Waals surface area contributed by atoms with Crippen molar-refractivity contribution in [3.8, 4) is 0 Å². The predicted octanol–water partition coefficient (Wildman–Crippen LogP) is 3.61. The molecule has 0 spiro atoms. The highest BCUT2D eigenvalue weighted by molar-refractivity contribution is 8.01. The Hall–Kier alpha value is -1.13. The van der Waals surface area contributed by atoms with Crippen LogP contribution in [0.1, 0.15) is 27.9 Å². The molecule has 1 aliphatic rings. The van der Waals surface area contributed by atoms with Gasteiger partial charge in [0.2, 0.25) is 0 Å². The highest BCUT2D eigenvalue weighted by Gasteiger charge is 2.14. The Labute approximate surface area is 114 Å². The van der Waals surface area contributed by atoms with Gasteiger partial charge in [0.1, 0.15) is 4.34 Å². The summed E-state index contributed by atoms with van der Waals surface area (Å²) in [6.07, 6.45) is 5.28. The Morgan fingerprint density at radius 1 is 1.33 bits per heavy atom. The minimum atomic E-state index is 0.199. The number of carbonyl (C=O) groups excluding carboxylic acids is 1. The third kappa shape index (κ3) is 2.49.